The first kappa shape index (κ1) is 17.6. The molecule has 1 saturated heterocycles. The zero-order valence-electron chi connectivity index (χ0n) is 15.0. The van der Waals surface area contributed by atoms with Crippen molar-refractivity contribution in [2.45, 2.75) is 45.4 Å². The fourth-order valence-electron chi connectivity index (χ4n) is 2.80. The Balaban J connectivity index is 1.44. The average molecular weight is 341 g/mol. The molecular weight excluding hydrogens is 314 g/mol. The fraction of sp³-hybridized carbons (Fsp3) is 0.429. The maximum Gasteiger partial charge on any atom is 0.119 e. The number of nitrogens with one attached hydrogen (secondary N) is 1. The number of ether oxygens (including phenoxy) is 3. The van der Waals surface area contributed by atoms with Crippen molar-refractivity contribution < 1.29 is 14.2 Å². The molecule has 134 valence electrons. The van der Waals surface area contributed by atoms with E-state index in [1.54, 1.807) is 0 Å². The van der Waals surface area contributed by atoms with Crippen LogP contribution in [0, 0.1) is 0 Å². The van der Waals surface area contributed by atoms with E-state index in [-0.39, 0.29) is 12.2 Å². The number of hydrogen-bond donors (Lipinski definition) is 1. The molecule has 0 spiro atoms. The fourth-order valence-corrected chi connectivity index (χ4v) is 2.80. The highest BCUT2D eigenvalue weighted by Gasteiger charge is 2.15. The zero-order valence-corrected chi connectivity index (χ0v) is 15.0. The van der Waals surface area contributed by atoms with Gasteiger partial charge in [-0.3, -0.25) is 0 Å². The summed E-state index contributed by atoms with van der Waals surface area (Å²) in [6.45, 7) is 6.34. The monoisotopic (exact) mass is 341 g/mol. The summed E-state index contributed by atoms with van der Waals surface area (Å²) in [4.78, 5) is 0. The summed E-state index contributed by atoms with van der Waals surface area (Å²) in [6, 6.07) is 16.3. The third-order valence-corrected chi connectivity index (χ3v) is 4.11. The first-order valence-electron chi connectivity index (χ1n) is 9.03. The van der Waals surface area contributed by atoms with Gasteiger partial charge < -0.3 is 19.5 Å². The molecule has 4 heteroatoms. The van der Waals surface area contributed by atoms with Crippen LogP contribution in [0.15, 0.2) is 48.5 Å². The quantitative estimate of drug-likeness (QED) is 0.759. The Morgan fingerprint density at radius 1 is 1.04 bits per heavy atom. The van der Waals surface area contributed by atoms with Crippen molar-refractivity contribution in [2.75, 3.05) is 18.5 Å². The lowest BCUT2D eigenvalue weighted by atomic mass is 10.2. The molecular formula is C21H27NO3. The molecule has 0 aromatic heterocycles. The second-order valence-electron chi connectivity index (χ2n) is 6.63. The minimum atomic E-state index is 0.199. The maximum atomic E-state index is 5.79. The van der Waals surface area contributed by atoms with Gasteiger partial charge in [-0.15, -0.1) is 0 Å². The van der Waals surface area contributed by atoms with Gasteiger partial charge >= 0.3 is 0 Å². The normalized spacial score (nSPS) is 16.8. The molecule has 1 fully saturated rings. The highest BCUT2D eigenvalue weighted by atomic mass is 16.5. The third kappa shape index (κ3) is 5.68. The molecule has 1 aliphatic rings. The predicted octanol–water partition coefficient (Wildman–Crippen LogP) is 4.64. The third-order valence-electron chi connectivity index (χ3n) is 4.11. The molecule has 25 heavy (non-hydrogen) atoms. The molecule has 3 rings (SSSR count). The Hall–Kier alpha value is -2.20. The molecule has 2 aromatic rings. The molecule has 2 aromatic carbocycles. The first-order chi connectivity index (χ1) is 12.2. The number of rotatable bonds is 8. The smallest absolute Gasteiger partial charge is 0.119 e. The largest absolute Gasteiger partial charge is 0.491 e. The van der Waals surface area contributed by atoms with Gasteiger partial charge in [-0.2, -0.15) is 0 Å². The van der Waals surface area contributed by atoms with Gasteiger partial charge in [-0.1, -0.05) is 12.1 Å². The zero-order chi connectivity index (χ0) is 17.5. The van der Waals surface area contributed by atoms with Gasteiger partial charge in [-0.25, -0.2) is 0 Å². The van der Waals surface area contributed by atoms with E-state index < -0.39 is 0 Å². The summed E-state index contributed by atoms with van der Waals surface area (Å²) in [7, 11) is 0. The molecule has 4 nitrogen and oxygen atoms in total. The molecule has 1 N–H and O–H groups in total. The van der Waals surface area contributed by atoms with Gasteiger partial charge in [0.1, 0.15) is 18.1 Å². The van der Waals surface area contributed by atoms with Crippen LogP contribution in [0.5, 0.6) is 11.5 Å². The van der Waals surface area contributed by atoms with Crippen LogP contribution in [0.25, 0.3) is 0 Å². The van der Waals surface area contributed by atoms with Crippen LogP contribution < -0.4 is 14.8 Å². The second kappa shape index (κ2) is 8.77. The maximum absolute atomic E-state index is 5.79. The lowest BCUT2D eigenvalue weighted by Crippen LogP contribution is -2.16. The molecule has 1 aliphatic heterocycles. The van der Waals surface area contributed by atoms with Crippen molar-refractivity contribution >= 4 is 5.69 Å². The Morgan fingerprint density at radius 2 is 1.76 bits per heavy atom. The van der Waals surface area contributed by atoms with Crippen LogP contribution in [-0.2, 0) is 11.3 Å². The Labute approximate surface area is 150 Å². The minimum Gasteiger partial charge on any atom is -0.491 e. The van der Waals surface area contributed by atoms with Crippen LogP contribution >= 0.6 is 0 Å². The Morgan fingerprint density at radius 3 is 2.40 bits per heavy atom. The van der Waals surface area contributed by atoms with Gasteiger partial charge in [0.25, 0.3) is 0 Å². The number of benzene rings is 2. The minimum absolute atomic E-state index is 0.199. The average Bonchev–Trinajstić information content (AvgIpc) is 3.13. The molecule has 0 saturated carbocycles. The Bertz CT molecular complexity index is 631. The molecule has 0 radical (unpaired) electrons. The van der Waals surface area contributed by atoms with Crippen LogP contribution in [0.2, 0.25) is 0 Å². The van der Waals surface area contributed by atoms with E-state index >= 15 is 0 Å². The van der Waals surface area contributed by atoms with Crippen molar-refractivity contribution in [3.63, 3.8) is 0 Å². The summed E-state index contributed by atoms with van der Waals surface area (Å²) < 4.78 is 17.0. The van der Waals surface area contributed by atoms with E-state index in [1.165, 1.54) is 5.56 Å². The topological polar surface area (TPSA) is 39.7 Å². The van der Waals surface area contributed by atoms with Crippen LogP contribution in [0.3, 0.4) is 0 Å². The van der Waals surface area contributed by atoms with E-state index in [0.717, 1.165) is 43.2 Å². The van der Waals surface area contributed by atoms with Crippen LogP contribution in [-0.4, -0.2) is 25.4 Å². The van der Waals surface area contributed by atoms with Gasteiger partial charge in [0.05, 0.1) is 12.2 Å². The van der Waals surface area contributed by atoms with E-state index in [0.29, 0.717) is 6.61 Å². The van der Waals surface area contributed by atoms with Crippen molar-refractivity contribution in [3.8, 4) is 11.5 Å². The second-order valence-corrected chi connectivity index (χ2v) is 6.63. The van der Waals surface area contributed by atoms with E-state index in [4.69, 9.17) is 14.2 Å². The summed E-state index contributed by atoms with van der Waals surface area (Å²) in [5.41, 5.74) is 2.29. The van der Waals surface area contributed by atoms with Gasteiger partial charge in [0.2, 0.25) is 0 Å². The summed E-state index contributed by atoms with van der Waals surface area (Å²) in [6.07, 6.45) is 2.69. The van der Waals surface area contributed by atoms with E-state index in [9.17, 15) is 0 Å². The van der Waals surface area contributed by atoms with Gasteiger partial charge in [-0.05, 0) is 68.7 Å². The van der Waals surface area contributed by atoms with Crippen molar-refractivity contribution in [3.05, 3.63) is 54.1 Å². The van der Waals surface area contributed by atoms with Gasteiger partial charge in [0.15, 0.2) is 0 Å². The predicted molar refractivity (Wildman–Crippen MR) is 100 cm³/mol. The highest BCUT2D eigenvalue weighted by molar-refractivity contribution is 5.47. The van der Waals surface area contributed by atoms with Gasteiger partial charge in [0, 0.05) is 18.8 Å². The standard InChI is InChI=1S/C21H27NO3/c1-16(2)25-20-9-5-17(6-10-20)14-22-18-7-11-19(12-8-18)24-15-21-4-3-13-23-21/h5-12,16,21-22H,3-4,13-15H2,1-2H3. The molecule has 1 unspecified atom stereocenters. The van der Waals surface area contributed by atoms with E-state index in [2.05, 4.69) is 17.4 Å². The lowest BCUT2D eigenvalue weighted by molar-refractivity contribution is 0.0679. The Kier molecular flexibility index (Phi) is 6.18. The summed E-state index contributed by atoms with van der Waals surface area (Å²) >= 11 is 0. The SMILES string of the molecule is CC(C)Oc1ccc(CNc2ccc(OCC3CCCO3)cc2)cc1. The van der Waals surface area contributed by atoms with Crippen molar-refractivity contribution in [1.29, 1.82) is 0 Å². The van der Waals surface area contributed by atoms with Crippen LogP contribution in [0.1, 0.15) is 32.3 Å². The molecule has 1 atom stereocenters. The number of hydrogen-bond acceptors (Lipinski definition) is 4. The van der Waals surface area contributed by atoms with Crippen molar-refractivity contribution in [1.82, 2.24) is 0 Å². The van der Waals surface area contributed by atoms with E-state index in [1.807, 2.05) is 50.2 Å². The molecule has 1 heterocycles. The highest BCUT2D eigenvalue weighted by Crippen LogP contribution is 2.19. The van der Waals surface area contributed by atoms with Crippen LogP contribution in [0.4, 0.5) is 5.69 Å². The van der Waals surface area contributed by atoms with Crippen molar-refractivity contribution in [2.24, 2.45) is 0 Å². The molecule has 0 amide bonds. The molecule has 0 bridgehead atoms. The number of anilines is 1. The molecule has 0 aliphatic carbocycles. The first-order valence-corrected chi connectivity index (χ1v) is 9.03. The lowest BCUT2D eigenvalue weighted by Gasteiger charge is -2.13. The summed E-state index contributed by atoms with van der Waals surface area (Å²) in [5, 5.41) is 3.42. The summed E-state index contributed by atoms with van der Waals surface area (Å²) in [5.74, 6) is 1.79.